The van der Waals surface area contributed by atoms with Gasteiger partial charge in [-0.25, -0.2) is 9.97 Å². The molecule has 0 bridgehead atoms. The summed E-state index contributed by atoms with van der Waals surface area (Å²) in [6, 6.07) is 9.18. The van der Waals surface area contributed by atoms with Crippen molar-refractivity contribution in [2.24, 2.45) is 0 Å². The second-order valence-corrected chi connectivity index (χ2v) is 3.07. The predicted molar refractivity (Wildman–Crippen MR) is 58.4 cm³/mol. The molecule has 16 heavy (non-hydrogen) atoms. The number of ether oxygens (including phenoxy) is 1. The Kier molecular flexibility index (Phi) is 3.14. The number of para-hydroxylation sites is 1. The predicted octanol–water partition coefficient (Wildman–Crippen LogP) is -0.0513. The van der Waals surface area contributed by atoms with Gasteiger partial charge in [-0.2, -0.15) is 0 Å². The summed E-state index contributed by atoms with van der Waals surface area (Å²) in [7, 11) is -1.66. The topological polar surface area (TPSA) is 75.5 Å². The van der Waals surface area contributed by atoms with Crippen LogP contribution in [0.4, 0.5) is 0 Å². The highest BCUT2D eigenvalue weighted by Crippen LogP contribution is 2.17. The number of rotatable bonds is 3. The van der Waals surface area contributed by atoms with Crippen LogP contribution in [0.2, 0.25) is 0 Å². The maximum atomic E-state index is 8.79. The maximum absolute atomic E-state index is 8.79. The largest absolute Gasteiger partial charge is 0.528 e. The lowest BCUT2D eigenvalue weighted by molar-refractivity contribution is 0.421. The molecule has 1 heterocycles. The molecule has 0 saturated carbocycles. The molecule has 0 aliphatic carbocycles. The fraction of sp³-hybridized carbons (Fsp3) is 0. The summed E-state index contributed by atoms with van der Waals surface area (Å²) in [5, 5.41) is 17.6. The Bertz CT molecular complexity index is 447. The molecule has 0 atom stereocenters. The van der Waals surface area contributed by atoms with E-state index in [1.54, 1.807) is 12.1 Å². The van der Waals surface area contributed by atoms with E-state index in [9.17, 15) is 0 Å². The molecule has 0 amide bonds. The van der Waals surface area contributed by atoms with Crippen molar-refractivity contribution in [3.05, 3.63) is 42.7 Å². The molecule has 0 radical (unpaired) electrons. The van der Waals surface area contributed by atoms with E-state index in [-0.39, 0.29) is 5.72 Å². The average Bonchev–Trinajstić information content (AvgIpc) is 2.31. The Labute approximate surface area is 92.5 Å². The summed E-state index contributed by atoms with van der Waals surface area (Å²) in [6.07, 6.45) is 2.77. The Morgan fingerprint density at radius 2 is 1.56 bits per heavy atom. The minimum absolute atomic E-state index is 0.0552. The number of benzene rings is 1. The molecule has 2 N–H and O–H groups in total. The lowest BCUT2D eigenvalue weighted by Gasteiger charge is -2.04. The molecule has 80 valence electrons. The smallest absolute Gasteiger partial charge is 0.454 e. The lowest BCUT2D eigenvalue weighted by atomic mass is 9.91. The van der Waals surface area contributed by atoms with Crippen LogP contribution in [0.1, 0.15) is 0 Å². The first-order valence-electron chi connectivity index (χ1n) is 4.66. The van der Waals surface area contributed by atoms with Crippen molar-refractivity contribution in [3.8, 4) is 11.5 Å². The zero-order valence-electron chi connectivity index (χ0n) is 8.32. The third kappa shape index (κ3) is 2.56. The van der Waals surface area contributed by atoms with Gasteiger partial charge in [0.2, 0.25) is 0 Å². The highest BCUT2D eigenvalue weighted by Gasteiger charge is 2.14. The Hall–Kier alpha value is -1.92. The summed E-state index contributed by atoms with van der Waals surface area (Å²) >= 11 is 0. The minimum atomic E-state index is -1.66. The highest BCUT2D eigenvalue weighted by atomic mass is 16.5. The molecule has 1 aromatic heterocycles. The monoisotopic (exact) mass is 216 g/mol. The van der Waals surface area contributed by atoms with Gasteiger partial charge in [0.25, 0.3) is 0 Å². The third-order valence-electron chi connectivity index (χ3n) is 1.86. The van der Waals surface area contributed by atoms with Crippen molar-refractivity contribution < 1.29 is 14.8 Å². The van der Waals surface area contributed by atoms with Gasteiger partial charge in [0.15, 0.2) is 11.5 Å². The van der Waals surface area contributed by atoms with E-state index in [1.165, 1.54) is 12.4 Å². The second-order valence-electron chi connectivity index (χ2n) is 3.07. The van der Waals surface area contributed by atoms with Crippen LogP contribution in [0.25, 0.3) is 0 Å². The van der Waals surface area contributed by atoms with Crippen LogP contribution >= 0.6 is 0 Å². The van der Waals surface area contributed by atoms with E-state index in [0.717, 1.165) is 0 Å². The molecule has 0 aliphatic rings. The van der Waals surface area contributed by atoms with Gasteiger partial charge in [-0.3, -0.25) is 0 Å². The molecule has 1 aromatic carbocycles. The lowest BCUT2D eigenvalue weighted by Crippen LogP contribution is -2.35. The Balaban J connectivity index is 2.11. The first kappa shape index (κ1) is 10.6. The molecule has 0 spiro atoms. The molecule has 6 heteroatoms. The first-order chi connectivity index (χ1) is 7.75. The van der Waals surface area contributed by atoms with Crippen LogP contribution < -0.4 is 10.5 Å². The first-order valence-corrected chi connectivity index (χ1v) is 4.66. The standard InChI is InChI=1S/C10H9BN2O3/c14-11(15)10-12-6-9(7-13-10)16-8-4-2-1-3-5-8/h1-7,14-15H. The summed E-state index contributed by atoms with van der Waals surface area (Å²) in [6.45, 7) is 0. The molecule has 0 aliphatic heterocycles. The van der Waals surface area contributed by atoms with Crippen molar-refractivity contribution in [1.29, 1.82) is 0 Å². The van der Waals surface area contributed by atoms with Crippen LogP contribution in [-0.2, 0) is 0 Å². The zero-order chi connectivity index (χ0) is 11.4. The second kappa shape index (κ2) is 4.74. The maximum Gasteiger partial charge on any atom is 0.528 e. The van der Waals surface area contributed by atoms with Gasteiger partial charge < -0.3 is 14.8 Å². The normalized spacial score (nSPS) is 9.88. The molecule has 0 unspecified atom stereocenters. The van der Waals surface area contributed by atoms with E-state index in [4.69, 9.17) is 14.8 Å². The summed E-state index contributed by atoms with van der Waals surface area (Å²) in [4.78, 5) is 7.48. The van der Waals surface area contributed by atoms with Gasteiger partial charge in [-0.05, 0) is 12.1 Å². The van der Waals surface area contributed by atoms with Gasteiger partial charge in [0, 0.05) is 0 Å². The van der Waals surface area contributed by atoms with Gasteiger partial charge in [0.1, 0.15) is 5.75 Å². The van der Waals surface area contributed by atoms with Crippen molar-refractivity contribution in [3.63, 3.8) is 0 Å². The molecule has 0 fully saturated rings. The molecule has 0 saturated heterocycles. The molecule has 2 rings (SSSR count). The summed E-state index contributed by atoms with van der Waals surface area (Å²) in [5.74, 6) is 1.11. The van der Waals surface area contributed by atoms with Crippen molar-refractivity contribution in [2.75, 3.05) is 0 Å². The van der Waals surface area contributed by atoms with Crippen LogP contribution in [0, 0.1) is 0 Å². The van der Waals surface area contributed by atoms with Gasteiger partial charge in [0.05, 0.1) is 12.4 Å². The quantitative estimate of drug-likeness (QED) is 0.703. The fourth-order valence-electron chi connectivity index (χ4n) is 1.14. The number of nitrogens with zero attached hydrogens (tertiary/aromatic N) is 2. The van der Waals surface area contributed by atoms with Crippen molar-refractivity contribution in [1.82, 2.24) is 9.97 Å². The minimum Gasteiger partial charge on any atom is -0.454 e. The van der Waals surface area contributed by atoms with Crippen molar-refractivity contribution >= 4 is 12.8 Å². The van der Waals surface area contributed by atoms with E-state index in [1.807, 2.05) is 18.2 Å². The Morgan fingerprint density at radius 1 is 0.938 bits per heavy atom. The highest BCUT2D eigenvalue weighted by molar-refractivity contribution is 6.56. The molecular weight excluding hydrogens is 207 g/mol. The Morgan fingerprint density at radius 3 is 2.12 bits per heavy atom. The van der Waals surface area contributed by atoms with E-state index in [2.05, 4.69) is 9.97 Å². The van der Waals surface area contributed by atoms with Gasteiger partial charge >= 0.3 is 7.12 Å². The van der Waals surface area contributed by atoms with E-state index < -0.39 is 7.12 Å². The SMILES string of the molecule is OB(O)c1ncc(Oc2ccccc2)cn1. The van der Waals surface area contributed by atoms with Gasteiger partial charge in [-0.15, -0.1) is 0 Å². The number of aromatic nitrogens is 2. The molecule has 5 nitrogen and oxygen atoms in total. The van der Waals surface area contributed by atoms with Crippen LogP contribution in [-0.4, -0.2) is 27.1 Å². The summed E-state index contributed by atoms with van der Waals surface area (Å²) < 4.78 is 5.42. The van der Waals surface area contributed by atoms with Crippen LogP contribution in [0.3, 0.4) is 0 Å². The fourth-order valence-corrected chi connectivity index (χ4v) is 1.14. The van der Waals surface area contributed by atoms with Crippen LogP contribution in [0.15, 0.2) is 42.7 Å². The van der Waals surface area contributed by atoms with Crippen LogP contribution in [0.5, 0.6) is 11.5 Å². The number of hydrogen-bond donors (Lipinski definition) is 2. The molecular formula is C10H9BN2O3. The number of hydrogen-bond acceptors (Lipinski definition) is 5. The van der Waals surface area contributed by atoms with Gasteiger partial charge in [-0.1, -0.05) is 18.2 Å². The zero-order valence-corrected chi connectivity index (χ0v) is 8.32. The summed E-state index contributed by atoms with van der Waals surface area (Å²) in [5.41, 5.74) is -0.0552. The third-order valence-corrected chi connectivity index (χ3v) is 1.86. The molecule has 2 aromatic rings. The van der Waals surface area contributed by atoms with Crippen molar-refractivity contribution in [2.45, 2.75) is 0 Å². The van der Waals surface area contributed by atoms with E-state index in [0.29, 0.717) is 11.5 Å². The average molecular weight is 216 g/mol. The van der Waals surface area contributed by atoms with E-state index >= 15 is 0 Å².